The van der Waals surface area contributed by atoms with Gasteiger partial charge in [-0.25, -0.2) is 9.78 Å². The summed E-state index contributed by atoms with van der Waals surface area (Å²) in [5, 5.41) is 14.9. The Balaban J connectivity index is 1.26. The van der Waals surface area contributed by atoms with E-state index in [1.54, 1.807) is 19.1 Å². The van der Waals surface area contributed by atoms with Gasteiger partial charge in [0, 0.05) is 37.3 Å². The summed E-state index contributed by atoms with van der Waals surface area (Å²) in [6.45, 7) is 2.72. The molecule has 1 aromatic heterocycles. The quantitative estimate of drug-likeness (QED) is 0.689. The number of nitrogens with zero attached hydrogens (tertiary/aromatic N) is 2. The van der Waals surface area contributed by atoms with E-state index in [1.807, 2.05) is 6.07 Å². The van der Waals surface area contributed by atoms with Gasteiger partial charge in [-0.3, -0.25) is 9.69 Å². The van der Waals surface area contributed by atoms with Gasteiger partial charge in [-0.1, -0.05) is 0 Å². The molecule has 1 aromatic carbocycles. The Kier molecular flexibility index (Phi) is 4.73. The lowest BCUT2D eigenvalue weighted by Gasteiger charge is -2.42. The van der Waals surface area contributed by atoms with Gasteiger partial charge in [-0.05, 0) is 43.7 Å². The molecular weight excluding hydrogens is 348 g/mol. The number of rotatable bonds is 7. The summed E-state index contributed by atoms with van der Waals surface area (Å²) in [4.78, 5) is 29.6. The summed E-state index contributed by atoms with van der Waals surface area (Å²) in [5.74, 6) is 0.446. The fourth-order valence-electron chi connectivity index (χ4n) is 3.62. The molecule has 4 rings (SSSR count). The summed E-state index contributed by atoms with van der Waals surface area (Å²) >= 11 is 0. The van der Waals surface area contributed by atoms with Crippen molar-refractivity contribution in [3.8, 4) is 0 Å². The van der Waals surface area contributed by atoms with Crippen molar-refractivity contribution in [1.29, 1.82) is 0 Å². The number of amides is 2. The lowest BCUT2D eigenvalue weighted by Crippen LogP contribution is -2.55. The van der Waals surface area contributed by atoms with Crippen LogP contribution in [0.3, 0.4) is 0 Å². The van der Waals surface area contributed by atoms with E-state index in [9.17, 15) is 9.59 Å². The molecule has 0 spiro atoms. The predicted molar refractivity (Wildman–Crippen MR) is 99.6 cm³/mol. The van der Waals surface area contributed by atoms with E-state index in [1.165, 1.54) is 12.8 Å². The maximum Gasteiger partial charge on any atom is 0.319 e. The minimum absolute atomic E-state index is 0.0711. The number of anilines is 1. The van der Waals surface area contributed by atoms with Gasteiger partial charge in [0.25, 0.3) is 0 Å². The molecule has 2 saturated carbocycles. The van der Waals surface area contributed by atoms with Gasteiger partial charge in [0.15, 0.2) is 11.5 Å². The minimum Gasteiger partial charge on any atom is -0.480 e. The van der Waals surface area contributed by atoms with E-state index in [0.29, 0.717) is 23.1 Å². The second-order valence-electron chi connectivity index (χ2n) is 7.60. The molecule has 27 heavy (non-hydrogen) atoms. The molecule has 8 heteroatoms. The average Bonchev–Trinajstić information content (AvgIpc) is 3.28. The molecule has 3 N–H and O–H groups in total. The molecule has 8 nitrogen and oxygen atoms in total. The molecule has 2 fully saturated rings. The molecular formula is C19H24N4O4. The molecule has 2 aromatic rings. The Morgan fingerprint density at radius 3 is 2.81 bits per heavy atom. The first-order valence-corrected chi connectivity index (χ1v) is 9.37. The number of hydrogen-bond donors (Lipinski definition) is 3. The lowest BCUT2D eigenvalue weighted by molar-refractivity contribution is -0.139. The second kappa shape index (κ2) is 7.19. The number of carboxylic acid groups (broad SMARTS) is 1. The monoisotopic (exact) mass is 372 g/mol. The van der Waals surface area contributed by atoms with Gasteiger partial charge < -0.3 is 20.2 Å². The normalized spacial score (nSPS) is 21.9. The highest BCUT2D eigenvalue weighted by Gasteiger charge is 2.37. The van der Waals surface area contributed by atoms with Crippen molar-refractivity contribution in [1.82, 2.24) is 15.2 Å². The maximum atomic E-state index is 12.2. The number of benzene rings is 1. The fourth-order valence-corrected chi connectivity index (χ4v) is 3.62. The van der Waals surface area contributed by atoms with Crippen LogP contribution in [0.15, 0.2) is 22.6 Å². The Morgan fingerprint density at radius 2 is 2.11 bits per heavy atom. The largest absolute Gasteiger partial charge is 0.480 e. The van der Waals surface area contributed by atoms with Crippen molar-refractivity contribution < 1.29 is 19.1 Å². The zero-order valence-electron chi connectivity index (χ0n) is 15.3. The SMILES string of the molecule is Cc1nc2ccc(NC(=O)NC3CC(N(CC(=O)O)CC4CC4)C3)cc2o1. The molecule has 2 aliphatic rings. The molecule has 2 amide bonds. The Morgan fingerprint density at radius 1 is 1.33 bits per heavy atom. The van der Waals surface area contributed by atoms with Gasteiger partial charge >= 0.3 is 12.0 Å². The highest BCUT2D eigenvalue weighted by molar-refractivity contribution is 5.91. The summed E-state index contributed by atoms with van der Waals surface area (Å²) in [6.07, 6.45) is 3.96. The highest BCUT2D eigenvalue weighted by atomic mass is 16.4. The molecule has 0 saturated heterocycles. The van der Waals surface area contributed by atoms with E-state index in [0.717, 1.165) is 24.9 Å². The van der Waals surface area contributed by atoms with Gasteiger partial charge in [0.05, 0.1) is 6.54 Å². The van der Waals surface area contributed by atoms with Crippen molar-refractivity contribution in [2.45, 2.75) is 44.7 Å². The van der Waals surface area contributed by atoms with Crippen molar-refractivity contribution in [3.63, 3.8) is 0 Å². The highest BCUT2D eigenvalue weighted by Crippen LogP contribution is 2.33. The predicted octanol–water partition coefficient (Wildman–Crippen LogP) is 2.59. The Labute approximate surface area is 156 Å². The zero-order valence-corrected chi connectivity index (χ0v) is 15.3. The third-order valence-electron chi connectivity index (χ3n) is 5.25. The topological polar surface area (TPSA) is 108 Å². The van der Waals surface area contributed by atoms with Gasteiger partial charge in [-0.15, -0.1) is 0 Å². The third-order valence-corrected chi connectivity index (χ3v) is 5.25. The van der Waals surface area contributed by atoms with E-state index >= 15 is 0 Å². The second-order valence-corrected chi connectivity index (χ2v) is 7.60. The average molecular weight is 372 g/mol. The molecule has 0 unspecified atom stereocenters. The number of aliphatic carboxylic acids is 1. The summed E-state index contributed by atoms with van der Waals surface area (Å²) < 4.78 is 5.48. The summed E-state index contributed by atoms with van der Waals surface area (Å²) in [7, 11) is 0. The molecule has 144 valence electrons. The number of urea groups is 1. The minimum atomic E-state index is -0.789. The number of carbonyl (C=O) groups excluding carboxylic acids is 1. The van der Waals surface area contributed by atoms with E-state index in [2.05, 4.69) is 20.5 Å². The first kappa shape index (κ1) is 17.8. The maximum absolute atomic E-state index is 12.2. The number of aromatic nitrogens is 1. The molecule has 2 aliphatic carbocycles. The molecule has 0 aliphatic heterocycles. The van der Waals surface area contributed by atoms with Crippen molar-refractivity contribution >= 4 is 28.8 Å². The molecule has 0 bridgehead atoms. The van der Waals surface area contributed by atoms with Crippen LogP contribution in [0.1, 0.15) is 31.6 Å². The van der Waals surface area contributed by atoms with Crippen molar-refractivity contribution in [2.24, 2.45) is 5.92 Å². The smallest absolute Gasteiger partial charge is 0.319 e. The van der Waals surface area contributed by atoms with Crippen LogP contribution in [0.25, 0.3) is 11.1 Å². The van der Waals surface area contributed by atoms with E-state index in [-0.39, 0.29) is 24.7 Å². The third kappa shape index (κ3) is 4.39. The van der Waals surface area contributed by atoms with Gasteiger partial charge in [0.1, 0.15) is 5.52 Å². The van der Waals surface area contributed by atoms with Gasteiger partial charge in [0.2, 0.25) is 0 Å². The number of hydrogen-bond acceptors (Lipinski definition) is 5. The molecule has 0 atom stereocenters. The van der Waals surface area contributed by atoms with Gasteiger partial charge in [-0.2, -0.15) is 0 Å². The number of oxazole rings is 1. The van der Waals surface area contributed by atoms with E-state index < -0.39 is 5.97 Å². The first-order chi connectivity index (χ1) is 13.0. The van der Waals surface area contributed by atoms with Crippen LogP contribution in [0, 0.1) is 12.8 Å². The van der Waals surface area contributed by atoms with Crippen LogP contribution in [-0.2, 0) is 4.79 Å². The van der Waals surface area contributed by atoms with Crippen LogP contribution >= 0.6 is 0 Å². The number of carboxylic acids is 1. The zero-order chi connectivity index (χ0) is 19.0. The van der Waals surface area contributed by atoms with Crippen LogP contribution in [0.2, 0.25) is 0 Å². The molecule has 0 radical (unpaired) electrons. The van der Waals surface area contributed by atoms with E-state index in [4.69, 9.17) is 9.52 Å². The standard InChI is InChI=1S/C19H24N4O4/c1-11-20-16-5-4-13(8-17(16)27-11)21-19(26)22-14-6-15(7-14)23(10-18(24)25)9-12-2-3-12/h4-5,8,12,14-15H,2-3,6-7,9-10H2,1H3,(H,24,25)(H2,21,22,26). The molecule has 1 heterocycles. The van der Waals surface area contributed by atoms with Crippen LogP contribution in [0.4, 0.5) is 10.5 Å². The summed E-state index contributed by atoms with van der Waals surface area (Å²) in [5.41, 5.74) is 2.04. The summed E-state index contributed by atoms with van der Waals surface area (Å²) in [6, 6.07) is 5.39. The van der Waals surface area contributed by atoms with Crippen LogP contribution in [0.5, 0.6) is 0 Å². The van der Waals surface area contributed by atoms with Crippen LogP contribution in [-0.4, -0.2) is 52.2 Å². The fraction of sp³-hybridized carbons (Fsp3) is 0.526. The number of nitrogens with one attached hydrogen (secondary N) is 2. The Bertz CT molecular complexity index is 855. The Hall–Kier alpha value is -2.61. The van der Waals surface area contributed by atoms with Crippen molar-refractivity contribution in [3.05, 3.63) is 24.1 Å². The first-order valence-electron chi connectivity index (χ1n) is 9.37. The number of fused-ring (bicyclic) bond motifs is 1. The van der Waals surface area contributed by atoms with Crippen molar-refractivity contribution in [2.75, 3.05) is 18.4 Å². The number of aryl methyl sites for hydroxylation is 1. The number of carbonyl (C=O) groups is 2. The van der Waals surface area contributed by atoms with Crippen LogP contribution < -0.4 is 10.6 Å². The lowest BCUT2D eigenvalue weighted by atomic mass is 9.85.